The molecule has 0 aliphatic heterocycles. The molecule has 1 N–H and O–H groups in total. The van der Waals surface area contributed by atoms with Gasteiger partial charge in [0.2, 0.25) is 21.8 Å². The van der Waals surface area contributed by atoms with Gasteiger partial charge in [-0.05, 0) is 43.2 Å². The van der Waals surface area contributed by atoms with Crippen LogP contribution in [0.4, 0.5) is 5.69 Å². The molecule has 2 aromatic rings. The number of amides is 2. The molecule has 0 spiro atoms. The van der Waals surface area contributed by atoms with E-state index in [4.69, 9.17) is 0 Å². The van der Waals surface area contributed by atoms with Crippen LogP contribution in [-0.2, 0) is 26.2 Å². The Balaban J connectivity index is 2.40. The summed E-state index contributed by atoms with van der Waals surface area (Å²) in [4.78, 5) is 26.9. The van der Waals surface area contributed by atoms with Crippen molar-refractivity contribution in [3.05, 3.63) is 64.1 Å². The number of carbonyl (C=O) groups excluding carboxylic acids is 2. The van der Waals surface area contributed by atoms with Crippen molar-refractivity contribution < 1.29 is 18.0 Å². The summed E-state index contributed by atoms with van der Waals surface area (Å²) in [5.41, 5.74) is 1.98. The van der Waals surface area contributed by atoms with Crippen molar-refractivity contribution in [1.82, 2.24) is 10.2 Å². The third-order valence-corrected chi connectivity index (χ3v) is 6.34. The van der Waals surface area contributed by atoms with Crippen LogP contribution in [-0.4, -0.2) is 51.0 Å². The second kappa shape index (κ2) is 10.1. The maximum Gasteiger partial charge on any atom is 0.244 e. The highest BCUT2D eigenvalue weighted by Gasteiger charge is 2.30. The molecule has 162 valence electrons. The van der Waals surface area contributed by atoms with E-state index in [-0.39, 0.29) is 12.5 Å². The summed E-state index contributed by atoms with van der Waals surface area (Å²) in [7, 11) is -2.23. The van der Waals surface area contributed by atoms with Crippen molar-refractivity contribution in [3.63, 3.8) is 0 Å². The fourth-order valence-corrected chi connectivity index (χ4v) is 4.42. The largest absolute Gasteiger partial charge is 0.357 e. The third kappa shape index (κ3) is 6.06. The molecule has 0 aliphatic carbocycles. The van der Waals surface area contributed by atoms with E-state index >= 15 is 0 Å². The number of sulfonamides is 1. The summed E-state index contributed by atoms with van der Waals surface area (Å²) in [5, 5.41) is 2.55. The summed E-state index contributed by atoms with van der Waals surface area (Å²) in [6, 6.07) is 13.6. The van der Waals surface area contributed by atoms with Gasteiger partial charge < -0.3 is 10.2 Å². The van der Waals surface area contributed by atoms with Crippen molar-refractivity contribution in [1.29, 1.82) is 0 Å². The van der Waals surface area contributed by atoms with Gasteiger partial charge in [-0.1, -0.05) is 46.3 Å². The molecule has 0 saturated heterocycles. The van der Waals surface area contributed by atoms with E-state index in [0.29, 0.717) is 5.69 Å². The van der Waals surface area contributed by atoms with Crippen LogP contribution in [0.3, 0.4) is 0 Å². The number of carbonyl (C=O) groups is 2. The van der Waals surface area contributed by atoms with Crippen LogP contribution < -0.4 is 9.62 Å². The van der Waals surface area contributed by atoms with Gasteiger partial charge in [-0.2, -0.15) is 0 Å². The molecule has 0 heterocycles. The molecule has 1 atom stereocenters. The average molecular weight is 496 g/mol. The predicted molar refractivity (Wildman–Crippen MR) is 122 cm³/mol. The lowest BCUT2D eigenvalue weighted by molar-refractivity contribution is -0.139. The number of nitrogens with one attached hydrogen (secondary N) is 1. The van der Waals surface area contributed by atoms with E-state index < -0.39 is 28.5 Å². The molecular weight excluding hydrogens is 470 g/mol. The molecule has 2 aromatic carbocycles. The molecule has 0 radical (unpaired) electrons. The first-order valence-corrected chi connectivity index (χ1v) is 12.0. The van der Waals surface area contributed by atoms with Gasteiger partial charge in [-0.25, -0.2) is 8.42 Å². The highest BCUT2D eigenvalue weighted by atomic mass is 79.9. The van der Waals surface area contributed by atoms with Crippen LogP contribution in [0.25, 0.3) is 0 Å². The minimum atomic E-state index is -3.72. The first-order chi connectivity index (χ1) is 14.0. The van der Waals surface area contributed by atoms with Crippen molar-refractivity contribution in [2.45, 2.75) is 26.4 Å². The van der Waals surface area contributed by atoms with E-state index in [0.717, 1.165) is 26.2 Å². The van der Waals surface area contributed by atoms with Crippen LogP contribution in [0.2, 0.25) is 0 Å². The summed E-state index contributed by atoms with van der Waals surface area (Å²) in [6.07, 6.45) is 1.06. The third-order valence-electron chi connectivity index (χ3n) is 4.72. The molecule has 0 saturated carbocycles. The SMILES string of the molecule is CNC(=O)[C@@H](C)N(Cc1cccc(Br)c1)C(=O)CN(c1ccccc1C)S(C)(=O)=O. The van der Waals surface area contributed by atoms with Gasteiger partial charge in [0.25, 0.3) is 0 Å². The number of hydrogen-bond acceptors (Lipinski definition) is 4. The Morgan fingerprint density at radius 1 is 1.13 bits per heavy atom. The number of anilines is 1. The molecule has 9 heteroatoms. The summed E-state index contributed by atoms with van der Waals surface area (Å²) in [6.45, 7) is 3.16. The molecular formula is C21H26BrN3O4S. The summed E-state index contributed by atoms with van der Waals surface area (Å²) < 4.78 is 26.9. The standard InChI is InChI=1S/C21H26BrN3O4S/c1-15-8-5-6-11-19(15)25(30(4,28)29)14-20(26)24(16(2)21(27)23-3)13-17-9-7-10-18(22)12-17/h5-12,16H,13-14H2,1-4H3,(H,23,27)/t16-/m1/s1. The molecule has 0 fully saturated rings. The Morgan fingerprint density at radius 2 is 1.80 bits per heavy atom. The summed E-state index contributed by atoms with van der Waals surface area (Å²) in [5.74, 6) is -0.806. The van der Waals surface area contributed by atoms with Gasteiger partial charge in [-0.15, -0.1) is 0 Å². The average Bonchev–Trinajstić information content (AvgIpc) is 2.69. The van der Waals surface area contributed by atoms with E-state index in [1.807, 2.05) is 24.3 Å². The Hall–Kier alpha value is -2.39. The lowest BCUT2D eigenvalue weighted by Gasteiger charge is -2.31. The van der Waals surface area contributed by atoms with Crippen LogP contribution >= 0.6 is 15.9 Å². The van der Waals surface area contributed by atoms with E-state index in [1.54, 1.807) is 38.1 Å². The van der Waals surface area contributed by atoms with Gasteiger partial charge in [-0.3, -0.25) is 13.9 Å². The Kier molecular flexibility index (Phi) is 8.03. The van der Waals surface area contributed by atoms with Gasteiger partial charge in [0.05, 0.1) is 11.9 Å². The first kappa shape index (κ1) is 23.9. The van der Waals surface area contributed by atoms with E-state index in [9.17, 15) is 18.0 Å². The highest BCUT2D eigenvalue weighted by molar-refractivity contribution is 9.10. The van der Waals surface area contributed by atoms with Crippen molar-refractivity contribution in [2.75, 3.05) is 24.2 Å². The zero-order chi connectivity index (χ0) is 22.5. The zero-order valence-corrected chi connectivity index (χ0v) is 19.8. The van der Waals surface area contributed by atoms with Crippen LogP contribution in [0, 0.1) is 6.92 Å². The first-order valence-electron chi connectivity index (χ1n) is 9.33. The number of benzene rings is 2. The lowest BCUT2D eigenvalue weighted by Crippen LogP contribution is -2.50. The smallest absolute Gasteiger partial charge is 0.244 e. The number of halogens is 1. The van der Waals surface area contributed by atoms with E-state index in [1.165, 1.54) is 11.9 Å². The fourth-order valence-electron chi connectivity index (χ4n) is 3.06. The van der Waals surface area contributed by atoms with Gasteiger partial charge in [0.15, 0.2) is 0 Å². The van der Waals surface area contributed by atoms with Crippen molar-refractivity contribution >= 4 is 43.5 Å². The van der Waals surface area contributed by atoms with Gasteiger partial charge in [0, 0.05) is 18.1 Å². The molecule has 0 aliphatic rings. The topological polar surface area (TPSA) is 86.8 Å². The van der Waals surface area contributed by atoms with E-state index in [2.05, 4.69) is 21.2 Å². The maximum atomic E-state index is 13.3. The molecule has 2 rings (SSSR count). The Labute approximate surface area is 186 Å². The zero-order valence-electron chi connectivity index (χ0n) is 17.4. The predicted octanol–water partition coefficient (Wildman–Crippen LogP) is 2.69. The Morgan fingerprint density at radius 3 is 2.37 bits per heavy atom. The minimum absolute atomic E-state index is 0.165. The van der Waals surface area contributed by atoms with Crippen LogP contribution in [0.15, 0.2) is 53.0 Å². The molecule has 0 aromatic heterocycles. The number of likely N-dealkylation sites (N-methyl/N-ethyl adjacent to an activating group) is 1. The fraction of sp³-hybridized carbons (Fsp3) is 0.333. The summed E-state index contributed by atoms with van der Waals surface area (Å²) >= 11 is 3.40. The van der Waals surface area contributed by atoms with Crippen LogP contribution in [0.1, 0.15) is 18.1 Å². The number of rotatable bonds is 8. The molecule has 2 amide bonds. The number of hydrogen-bond donors (Lipinski definition) is 1. The molecule has 30 heavy (non-hydrogen) atoms. The van der Waals surface area contributed by atoms with Gasteiger partial charge in [0.1, 0.15) is 12.6 Å². The van der Waals surface area contributed by atoms with Crippen molar-refractivity contribution in [3.8, 4) is 0 Å². The number of para-hydroxylation sites is 1. The number of aryl methyl sites for hydroxylation is 1. The second-order valence-electron chi connectivity index (χ2n) is 7.00. The molecule has 0 bridgehead atoms. The quantitative estimate of drug-likeness (QED) is 0.609. The highest BCUT2D eigenvalue weighted by Crippen LogP contribution is 2.23. The monoisotopic (exact) mass is 495 g/mol. The van der Waals surface area contributed by atoms with Crippen molar-refractivity contribution in [2.24, 2.45) is 0 Å². The maximum absolute atomic E-state index is 13.3. The lowest BCUT2D eigenvalue weighted by atomic mass is 10.1. The molecule has 0 unspecified atom stereocenters. The Bertz CT molecular complexity index is 1030. The second-order valence-corrected chi connectivity index (χ2v) is 9.82. The molecule has 7 nitrogen and oxygen atoms in total. The minimum Gasteiger partial charge on any atom is -0.357 e. The number of nitrogens with zero attached hydrogens (tertiary/aromatic N) is 2. The van der Waals surface area contributed by atoms with Gasteiger partial charge >= 0.3 is 0 Å². The normalized spacial score (nSPS) is 12.2. The van der Waals surface area contributed by atoms with Crippen LogP contribution in [0.5, 0.6) is 0 Å².